The molecule has 2 heterocycles. The smallest absolute Gasteiger partial charge is 0.359 e. The van der Waals surface area contributed by atoms with Crippen molar-refractivity contribution in [2.75, 3.05) is 7.05 Å². The highest BCUT2D eigenvalue weighted by molar-refractivity contribution is 5.95. The summed E-state index contributed by atoms with van der Waals surface area (Å²) in [5.41, 5.74) is 0.588. The van der Waals surface area contributed by atoms with E-state index < -0.39 is 17.6 Å². The van der Waals surface area contributed by atoms with Gasteiger partial charge in [0.2, 0.25) is 5.91 Å². The zero-order valence-electron chi connectivity index (χ0n) is 17.3. The van der Waals surface area contributed by atoms with Gasteiger partial charge in [-0.3, -0.25) is 4.79 Å². The van der Waals surface area contributed by atoms with Crippen LogP contribution in [0.25, 0.3) is 22.2 Å². The number of hydrogen-bond donors (Lipinski definition) is 1. The zero-order valence-corrected chi connectivity index (χ0v) is 17.3. The topological polar surface area (TPSA) is 62.1 Å². The molecule has 9 heteroatoms. The highest BCUT2D eigenvalue weighted by Crippen LogP contribution is 2.40. The van der Waals surface area contributed by atoms with Crippen LogP contribution in [0.2, 0.25) is 0 Å². The van der Waals surface area contributed by atoms with Gasteiger partial charge >= 0.3 is 6.18 Å². The van der Waals surface area contributed by atoms with Crippen molar-refractivity contribution in [2.45, 2.75) is 26.1 Å². The van der Waals surface area contributed by atoms with E-state index >= 15 is 0 Å². The normalized spacial score (nSPS) is 11.8. The second-order valence-corrected chi connectivity index (χ2v) is 7.57. The maximum Gasteiger partial charge on any atom is 0.417 e. The maximum atomic E-state index is 14.0. The summed E-state index contributed by atoms with van der Waals surface area (Å²) in [6.45, 7) is 1.89. The summed E-state index contributed by atoms with van der Waals surface area (Å²) in [5, 5.41) is 4.13. The summed E-state index contributed by atoms with van der Waals surface area (Å²) < 4.78 is 60.1. The third kappa shape index (κ3) is 4.23. The zero-order chi connectivity index (χ0) is 23.0. The molecule has 0 unspecified atom stereocenters. The molecule has 1 amide bonds. The second kappa shape index (κ2) is 8.14. The van der Waals surface area contributed by atoms with Crippen LogP contribution >= 0.6 is 0 Å². The van der Waals surface area contributed by atoms with Crippen molar-refractivity contribution in [3.63, 3.8) is 0 Å². The number of benzene rings is 2. The molecule has 0 fully saturated rings. The van der Waals surface area contributed by atoms with Crippen LogP contribution in [0.15, 0.2) is 53.1 Å². The van der Waals surface area contributed by atoms with Gasteiger partial charge in [-0.2, -0.15) is 13.2 Å². The Labute approximate surface area is 180 Å². The van der Waals surface area contributed by atoms with Gasteiger partial charge in [-0.15, -0.1) is 0 Å². The number of nitrogens with zero attached hydrogens (tertiary/aromatic N) is 2. The van der Waals surface area contributed by atoms with E-state index in [0.717, 1.165) is 6.07 Å². The molecule has 32 heavy (non-hydrogen) atoms. The number of H-pyrrole nitrogens is 1. The Morgan fingerprint density at radius 3 is 2.59 bits per heavy atom. The third-order valence-corrected chi connectivity index (χ3v) is 5.19. The van der Waals surface area contributed by atoms with Crippen molar-refractivity contribution in [3.8, 4) is 11.3 Å². The Balaban J connectivity index is 1.77. The first-order valence-electron chi connectivity index (χ1n) is 9.76. The lowest BCUT2D eigenvalue weighted by Gasteiger charge is -2.17. The number of halogens is 4. The standard InChI is InChI=1S/C23H19F4N3O2/c1-13-9-15(32-29-13)12-30(2)21(31)11-18-17-10-14(24)7-8-20(17)28-22(18)16-5-3-4-6-19(16)23(25,26)27/h3-10,28H,11-12H2,1-2H3. The predicted molar refractivity (Wildman–Crippen MR) is 110 cm³/mol. The summed E-state index contributed by atoms with van der Waals surface area (Å²) in [4.78, 5) is 17.3. The SMILES string of the molecule is Cc1cc(CN(C)C(=O)Cc2c(-c3ccccc3C(F)(F)F)[nH]c3ccc(F)cc23)on1. The van der Waals surface area contributed by atoms with E-state index in [2.05, 4.69) is 10.1 Å². The van der Waals surface area contributed by atoms with E-state index in [0.29, 0.717) is 27.9 Å². The minimum atomic E-state index is -4.60. The first-order valence-corrected chi connectivity index (χ1v) is 9.76. The Kier molecular flexibility index (Phi) is 5.50. The van der Waals surface area contributed by atoms with Gasteiger partial charge in [0.25, 0.3) is 0 Å². The number of carbonyl (C=O) groups excluding carboxylic acids is 1. The fourth-order valence-electron chi connectivity index (χ4n) is 3.68. The highest BCUT2D eigenvalue weighted by atomic mass is 19.4. The Bertz CT molecular complexity index is 1290. The highest BCUT2D eigenvalue weighted by Gasteiger charge is 2.34. The van der Waals surface area contributed by atoms with E-state index in [1.54, 1.807) is 20.0 Å². The molecular weight excluding hydrogens is 426 g/mol. The molecule has 0 atom stereocenters. The lowest BCUT2D eigenvalue weighted by atomic mass is 9.98. The average Bonchev–Trinajstić information content (AvgIpc) is 3.30. The largest absolute Gasteiger partial charge is 0.417 e. The van der Waals surface area contributed by atoms with Crippen LogP contribution in [0.1, 0.15) is 22.6 Å². The molecule has 2 aromatic carbocycles. The van der Waals surface area contributed by atoms with Crippen LogP contribution < -0.4 is 0 Å². The van der Waals surface area contributed by atoms with Gasteiger partial charge in [-0.05, 0) is 36.8 Å². The monoisotopic (exact) mass is 445 g/mol. The van der Waals surface area contributed by atoms with E-state index in [1.807, 2.05) is 0 Å². The molecule has 0 radical (unpaired) electrons. The number of carbonyl (C=O) groups is 1. The Hall–Kier alpha value is -3.62. The lowest BCUT2D eigenvalue weighted by molar-refractivity contribution is -0.137. The molecule has 0 spiro atoms. The van der Waals surface area contributed by atoms with Crippen molar-refractivity contribution in [1.82, 2.24) is 15.0 Å². The molecule has 166 valence electrons. The van der Waals surface area contributed by atoms with Crippen molar-refractivity contribution in [2.24, 2.45) is 0 Å². The summed E-state index contributed by atoms with van der Waals surface area (Å²) in [6.07, 6.45) is -4.82. The van der Waals surface area contributed by atoms with Crippen LogP contribution in [-0.2, 0) is 23.9 Å². The number of amides is 1. The van der Waals surface area contributed by atoms with Crippen molar-refractivity contribution in [3.05, 3.63) is 76.9 Å². The minimum absolute atomic E-state index is 0.104. The first-order chi connectivity index (χ1) is 15.1. The molecule has 4 rings (SSSR count). The number of hydrogen-bond acceptors (Lipinski definition) is 3. The fourth-order valence-corrected chi connectivity index (χ4v) is 3.68. The molecule has 4 aromatic rings. The Morgan fingerprint density at radius 2 is 1.91 bits per heavy atom. The van der Waals surface area contributed by atoms with E-state index in [-0.39, 0.29) is 30.1 Å². The summed E-state index contributed by atoms with van der Waals surface area (Å²) >= 11 is 0. The number of fused-ring (bicyclic) bond motifs is 1. The van der Waals surface area contributed by atoms with Crippen molar-refractivity contribution in [1.29, 1.82) is 0 Å². The maximum absolute atomic E-state index is 14.0. The van der Waals surface area contributed by atoms with E-state index in [4.69, 9.17) is 4.52 Å². The third-order valence-electron chi connectivity index (χ3n) is 5.19. The van der Waals surface area contributed by atoms with E-state index in [9.17, 15) is 22.4 Å². The average molecular weight is 445 g/mol. The van der Waals surface area contributed by atoms with Gasteiger partial charge in [0, 0.05) is 29.6 Å². The second-order valence-electron chi connectivity index (χ2n) is 7.57. The van der Waals surface area contributed by atoms with Crippen LogP contribution in [0.3, 0.4) is 0 Å². The number of nitrogens with one attached hydrogen (secondary N) is 1. The first kappa shape index (κ1) is 21.6. The van der Waals surface area contributed by atoms with Crippen LogP contribution in [0, 0.1) is 12.7 Å². The molecule has 0 aliphatic heterocycles. The fraction of sp³-hybridized carbons (Fsp3) is 0.217. The van der Waals surface area contributed by atoms with Gasteiger partial charge in [0.05, 0.1) is 29.9 Å². The van der Waals surface area contributed by atoms with Crippen LogP contribution in [-0.4, -0.2) is 28.0 Å². The Morgan fingerprint density at radius 1 is 1.16 bits per heavy atom. The van der Waals surface area contributed by atoms with Crippen LogP contribution in [0.4, 0.5) is 17.6 Å². The van der Waals surface area contributed by atoms with Gasteiger partial charge < -0.3 is 14.4 Å². The molecular formula is C23H19F4N3O2. The van der Waals surface area contributed by atoms with Gasteiger partial charge in [-0.1, -0.05) is 23.4 Å². The number of rotatable bonds is 5. The number of aromatic amines is 1. The van der Waals surface area contributed by atoms with E-state index in [1.165, 1.54) is 41.3 Å². The van der Waals surface area contributed by atoms with Gasteiger partial charge in [0.1, 0.15) is 5.82 Å². The number of aromatic nitrogens is 2. The molecule has 0 aliphatic carbocycles. The minimum Gasteiger partial charge on any atom is -0.359 e. The molecule has 0 saturated heterocycles. The number of alkyl halides is 3. The molecule has 0 saturated carbocycles. The molecule has 2 aromatic heterocycles. The van der Waals surface area contributed by atoms with Gasteiger partial charge in [-0.25, -0.2) is 4.39 Å². The molecule has 1 N–H and O–H groups in total. The summed E-state index contributed by atoms with van der Waals surface area (Å²) in [5.74, 6) is -0.438. The molecule has 0 bridgehead atoms. The summed E-state index contributed by atoms with van der Waals surface area (Å²) in [7, 11) is 1.55. The molecule has 5 nitrogen and oxygen atoms in total. The van der Waals surface area contributed by atoms with Gasteiger partial charge in [0.15, 0.2) is 5.76 Å². The number of likely N-dealkylation sites (N-methyl/N-ethyl adjacent to an activating group) is 1. The van der Waals surface area contributed by atoms with Crippen LogP contribution in [0.5, 0.6) is 0 Å². The summed E-state index contributed by atoms with van der Waals surface area (Å²) in [6, 6.07) is 10.7. The predicted octanol–water partition coefficient (Wildman–Crippen LogP) is 5.49. The number of aryl methyl sites for hydroxylation is 1. The lowest BCUT2D eigenvalue weighted by Crippen LogP contribution is -2.27. The molecule has 0 aliphatic rings. The van der Waals surface area contributed by atoms with Crippen molar-refractivity contribution < 1.29 is 26.9 Å². The van der Waals surface area contributed by atoms with Crippen molar-refractivity contribution >= 4 is 16.8 Å². The quantitative estimate of drug-likeness (QED) is 0.413.